The van der Waals surface area contributed by atoms with E-state index < -0.39 is 0 Å². The molecule has 1 N–H and O–H groups in total. The fourth-order valence-electron chi connectivity index (χ4n) is 1.32. The van der Waals surface area contributed by atoms with Gasteiger partial charge in [0, 0.05) is 19.6 Å². The predicted octanol–water partition coefficient (Wildman–Crippen LogP) is 0.742. The molecule has 0 amide bonds. The average Bonchev–Trinajstić information content (AvgIpc) is 2.63. The van der Waals surface area contributed by atoms with Gasteiger partial charge >= 0.3 is 0 Å². The lowest BCUT2D eigenvalue weighted by atomic mass is 10.2. The van der Waals surface area contributed by atoms with Crippen LogP contribution in [0.25, 0.3) is 0 Å². The number of unbranched alkanes of at least 4 members (excludes halogenated alkanes) is 1. The third-order valence-corrected chi connectivity index (χ3v) is 2.72. The van der Waals surface area contributed by atoms with Gasteiger partial charge in [0.25, 0.3) is 0 Å². The van der Waals surface area contributed by atoms with Gasteiger partial charge in [0.15, 0.2) is 0 Å². The first-order chi connectivity index (χ1) is 7.61. The van der Waals surface area contributed by atoms with E-state index in [2.05, 4.69) is 46.6 Å². The van der Waals surface area contributed by atoms with Crippen LogP contribution in [0.2, 0.25) is 0 Å². The largest absolute Gasteiger partial charge is 0.353 e. The highest BCUT2D eigenvalue weighted by molar-refractivity contribution is 5.20. The number of anilines is 1. The van der Waals surface area contributed by atoms with Crippen LogP contribution in [0, 0.1) is 0 Å². The Balaban J connectivity index is 2.07. The summed E-state index contributed by atoms with van der Waals surface area (Å²) in [6.07, 6.45) is 2.32. The first-order valence-corrected chi connectivity index (χ1v) is 5.77. The molecule has 0 bridgehead atoms. The van der Waals surface area contributed by atoms with Crippen LogP contribution in [0.15, 0.2) is 0 Å². The molecule has 1 rings (SSSR count). The number of nitrogens with one attached hydrogen (secondary N) is 1. The molecule has 0 unspecified atom stereocenters. The van der Waals surface area contributed by atoms with E-state index in [1.54, 1.807) is 4.68 Å². The number of aromatic nitrogens is 4. The lowest BCUT2D eigenvalue weighted by Gasteiger charge is -2.20. The Hall–Kier alpha value is -1.17. The molecule has 92 valence electrons. The highest BCUT2D eigenvalue weighted by Crippen LogP contribution is 2.00. The molecular weight excluding hydrogens is 204 g/mol. The van der Waals surface area contributed by atoms with Crippen molar-refractivity contribution < 1.29 is 0 Å². The van der Waals surface area contributed by atoms with E-state index >= 15 is 0 Å². The zero-order valence-corrected chi connectivity index (χ0v) is 10.6. The lowest BCUT2D eigenvalue weighted by molar-refractivity contribution is 0.269. The monoisotopic (exact) mass is 226 g/mol. The molecule has 0 fully saturated rings. The topological polar surface area (TPSA) is 58.9 Å². The zero-order valence-electron chi connectivity index (χ0n) is 10.6. The van der Waals surface area contributed by atoms with Crippen LogP contribution in [0.3, 0.4) is 0 Å². The van der Waals surface area contributed by atoms with E-state index in [4.69, 9.17) is 0 Å². The molecule has 1 aromatic heterocycles. The Labute approximate surface area is 97.0 Å². The maximum atomic E-state index is 3.86. The van der Waals surface area contributed by atoms with E-state index in [0.29, 0.717) is 6.04 Å². The van der Waals surface area contributed by atoms with Gasteiger partial charge in [-0.1, -0.05) is 5.10 Å². The molecule has 16 heavy (non-hydrogen) atoms. The minimum Gasteiger partial charge on any atom is -0.353 e. The lowest BCUT2D eigenvalue weighted by Crippen LogP contribution is -2.27. The molecule has 0 aliphatic carbocycles. The molecule has 0 saturated carbocycles. The van der Waals surface area contributed by atoms with Crippen molar-refractivity contribution in [3.8, 4) is 0 Å². The van der Waals surface area contributed by atoms with E-state index in [0.717, 1.165) is 25.5 Å². The molecule has 0 radical (unpaired) electrons. The molecule has 6 nitrogen and oxygen atoms in total. The summed E-state index contributed by atoms with van der Waals surface area (Å²) in [6, 6.07) is 0.621. The second-order valence-corrected chi connectivity index (χ2v) is 4.33. The minimum absolute atomic E-state index is 0.621. The summed E-state index contributed by atoms with van der Waals surface area (Å²) in [7, 11) is 3.99. The van der Waals surface area contributed by atoms with Crippen molar-refractivity contribution >= 4 is 5.95 Å². The van der Waals surface area contributed by atoms with E-state index in [9.17, 15) is 0 Å². The zero-order chi connectivity index (χ0) is 12.0. The van der Waals surface area contributed by atoms with Gasteiger partial charge in [0.2, 0.25) is 5.95 Å². The molecule has 0 atom stereocenters. The maximum Gasteiger partial charge on any atom is 0.242 e. The van der Waals surface area contributed by atoms with Gasteiger partial charge in [-0.15, -0.1) is 0 Å². The SMILES string of the molecule is CC(C)N(C)CCCCNc1nnnn1C. The average molecular weight is 226 g/mol. The molecule has 1 heterocycles. The summed E-state index contributed by atoms with van der Waals surface area (Å²) in [6.45, 7) is 6.48. The Morgan fingerprint density at radius 3 is 2.69 bits per heavy atom. The molecular formula is C10H22N6. The van der Waals surface area contributed by atoms with Gasteiger partial charge in [-0.2, -0.15) is 0 Å². The highest BCUT2D eigenvalue weighted by atomic mass is 15.6. The standard InChI is InChI=1S/C10H22N6/c1-9(2)15(3)8-6-5-7-11-10-12-13-14-16(10)4/h9H,5-8H2,1-4H3,(H,11,12,14). The smallest absolute Gasteiger partial charge is 0.242 e. The normalized spacial score (nSPS) is 11.4. The maximum absolute atomic E-state index is 3.86. The number of aryl methyl sites for hydroxylation is 1. The fourth-order valence-corrected chi connectivity index (χ4v) is 1.32. The van der Waals surface area contributed by atoms with Crippen LogP contribution < -0.4 is 5.32 Å². The first kappa shape index (κ1) is 12.9. The van der Waals surface area contributed by atoms with Crippen molar-refractivity contribution in [3.63, 3.8) is 0 Å². The second kappa shape index (κ2) is 6.42. The minimum atomic E-state index is 0.621. The quantitative estimate of drug-likeness (QED) is 0.695. The Morgan fingerprint density at radius 2 is 2.12 bits per heavy atom. The van der Waals surface area contributed by atoms with Gasteiger partial charge in [0.1, 0.15) is 0 Å². The summed E-state index contributed by atoms with van der Waals surface area (Å²) in [5.41, 5.74) is 0. The van der Waals surface area contributed by atoms with Crippen LogP contribution in [0.5, 0.6) is 0 Å². The Bertz CT molecular complexity index is 295. The van der Waals surface area contributed by atoms with Crippen LogP contribution in [0.1, 0.15) is 26.7 Å². The third-order valence-electron chi connectivity index (χ3n) is 2.72. The summed E-state index contributed by atoms with van der Waals surface area (Å²) < 4.78 is 1.64. The van der Waals surface area contributed by atoms with Gasteiger partial charge in [-0.25, -0.2) is 4.68 Å². The molecule has 1 aromatic rings. The van der Waals surface area contributed by atoms with E-state index in [1.807, 2.05) is 7.05 Å². The summed E-state index contributed by atoms with van der Waals surface area (Å²) in [5, 5.41) is 14.4. The van der Waals surface area contributed by atoms with Crippen molar-refractivity contribution in [1.29, 1.82) is 0 Å². The van der Waals surface area contributed by atoms with Crippen LogP contribution in [-0.4, -0.2) is 51.3 Å². The number of nitrogens with zero attached hydrogens (tertiary/aromatic N) is 5. The highest BCUT2D eigenvalue weighted by Gasteiger charge is 2.02. The number of hydrogen-bond acceptors (Lipinski definition) is 5. The van der Waals surface area contributed by atoms with Crippen molar-refractivity contribution in [2.45, 2.75) is 32.7 Å². The number of hydrogen-bond donors (Lipinski definition) is 1. The van der Waals surface area contributed by atoms with E-state index in [1.165, 1.54) is 6.42 Å². The summed E-state index contributed by atoms with van der Waals surface area (Å²) >= 11 is 0. The molecule has 6 heteroatoms. The van der Waals surface area contributed by atoms with Crippen molar-refractivity contribution in [2.24, 2.45) is 7.05 Å². The third kappa shape index (κ3) is 4.14. The van der Waals surface area contributed by atoms with Gasteiger partial charge in [-0.3, -0.25) is 0 Å². The Kier molecular flexibility index (Phi) is 5.18. The molecule has 0 saturated heterocycles. The first-order valence-electron chi connectivity index (χ1n) is 5.77. The summed E-state index contributed by atoms with van der Waals surface area (Å²) in [4.78, 5) is 2.35. The van der Waals surface area contributed by atoms with Gasteiger partial charge in [-0.05, 0) is 50.7 Å². The van der Waals surface area contributed by atoms with Crippen molar-refractivity contribution in [1.82, 2.24) is 25.1 Å². The predicted molar refractivity (Wildman–Crippen MR) is 64.3 cm³/mol. The summed E-state index contributed by atoms with van der Waals surface area (Å²) in [5.74, 6) is 0.734. The van der Waals surface area contributed by atoms with E-state index in [-0.39, 0.29) is 0 Å². The Morgan fingerprint density at radius 1 is 1.38 bits per heavy atom. The van der Waals surface area contributed by atoms with Crippen molar-refractivity contribution in [2.75, 3.05) is 25.5 Å². The molecule has 0 aromatic carbocycles. The van der Waals surface area contributed by atoms with Gasteiger partial charge in [0.05, 0.1) is 0 Å². The van der Waals surface area contributed by atoms with Crippen LogP contribution in [0.4, 0.5) is 5.95 Å². The fraction of sp³-hybridized carbons (Fsp3) is 0.900. The molecule has 0 aliphatic heterocycles. The van der Waals surface area contributed by atoms with Gasteiger partial charge < -0.3 is 10.2 Å². The second-order valence-electron chi connectivity index (χ2n) is 4.33. The molecule has 0 aliphatic rings. The van der Waals surface area contributed by atoms with Crippen molar-refractivity contribution in [3.05, 3.63) is 0 Å². The molecule has 0 spiro atoms. The van der Waals surface area contributed by atoms with Crippen LogP contribution >= 0.6 is 0 Å². The number of tetrazole rings is 1. The van der Waals surface area contributed by atoms with Crippen LogP contribution in [-0.2, 0) is 7.05 Å². The number of rotatable bonds is 7.